The van der Waals surface area contributed by atoms with E-state index >= 15 is 0 Å². The van der Waals surface area contributed by atoms with E-state index in [1.807, 2.05) is 0 Å². The summed E-state index contributed by atoms with van der Waals surface area (Å²) in [7, 11) is 0. The lowest BCUT2D eigenvalue weighted by Crippen LogP contribution is -2.48. The first-order valence-corrected chi connectivity index (χ1v) is 11.9. The Morgan fingerprint density at radius 3 is 2.62 bits per heavy atom. The molecule has 1 atom stereocenters. The summed E-state index contributed by atoms with van der Waals surface area (Å²) in [5.41, 5.74) is 3.92. The molecule has 3 aliphatic rings. The molecular formula is C25H31N5O4. The highest BCUT2D eigenvalue weighted by Crippen LogP contribution is 2.19. The molecule has 0 aliphatic carbocycles. The van der Waals surface area contributed by atoms with Gasteiger partial charge >= 0.3 is 6.03 Å². The van der Waals surface area contributed by atoms with Crippen LogP contribution in [-0.2, 0) is 24.2 Å². The van der Waals surface area contributed by atoms with Crippen LogP contribution in [0.25, 0.3) is 0 Å². The molecule has 0 spiro atoms. The van der Waals surface area contributed by atoms with Gasteiger partial charge in [-0.1, -0.05) is 24.3 Å². The van der Waals surface area contributed by atoms with Crippen molar-refractivity contribution in [1.29, 1.82) is 0 Å². The summed E-state index contributed by atoms with van der Waals surface area (Å²) < 4.78 is 5.07. The number of aliphatic hydroxyl groups excluding tert-OH is 1. The molecule has 2 aromatic rings. The molecule has 1 aromatic carbocycles. The van der Waals surface area contributed by atoms with Crippen LogP contribution in [0.3, 0.4) is 0 Å². The van der Waals surface area contributed by atoms with Crippen molar-refractivity contribution >= 4 is 11.9 Å². The normalized spacial score (nSPS) is 19.6. The Balaban J connectivity index is 1.09. The lowest BCUT2D eigenvalue weighted by Gasteiger charge is -2.31. The molecule has 0 saturated carbocycles. The Morgan fingerprint density at radius 2 is 1.88 bits per heavy atom. The Hall–Kier alpha value is -3.01. The number of carbonyl (C=O) groups is 2. The van der Waals surface area contributed by atoms with E-state index in [0.29, 0.717) is 51.5 Å². The average Bonchev–Trinajstić information content (AvgIpc) is 3.15. The molecule has 0 radical (unpaired) electrons. The standard InChI is InChI=1S/C25H31N5O4/c31-23(14-28-8-7-18-3-1-2-4-20(18)12-28)15-30-10-9-29(25(30)33)13-21-6-5-19(11-26-21)24(32)27-22-16-34-17-22/h1-6,11,22-23,31H,7-10,12-17H2,(H,27,32)/t23-/m1/s1. The number of carbonyl (C=O) groups excluding carboxylic acids is 2. The summed E-state index contributed by atoms with van der Waals surface area (Å²) >= 11 is 0. The van der Waals surface area contributed by atoms with E-state index in [4.69, 9.17) is 4.74 Å². The molecule has 0 unspecified atom stereocenters. The molecule has 1 aromatic heterocycles. The average molecular weight is 466 g/mol. The van der Waals surface area contributed by atoms with Gasteiger partial charge in [0.25, 0.3) is 5.91 Å². The van der Waals surface area contributed by atoms with E-state index < -0.39 is 6.10 Å². The zero-order valence-corrected chi connectivity index (χ0v) is 19.2. The van der Waals surface area contributed by atoms with Crippen molar-refractivity contribution < 1.29 is 19.4 Å². The van der Waals surface area contributed by atoms with E-state index in [2.05, 4.69) is 39.5 Å². The third-order valence-corrected chi connectivity index (χ3v) is 6.70. The van der Waals surface area contributed by atoms with Gasteiger partial charge in [-0.2, -0.15) is 0 Å². The van der Waals surface area contributed by atoms with Crippen LogP contribution in [0.2, 0.25) is 0 Å². The number of fused-ring (bicyclic) bond motifs is 1. The Labute approximate surface area is 199 Å². The van der Waals surface area contributed by atoms with Crippen molar-refractivity contribution in [2.75, 3.05) is 45.9 Å². The molecule has 34 heavy (non-hydrogen) atoms. The van der Waals surface area contributed by atoms with Crippen molar-refractivity contribution in [3.63, 3.8) is 0 Å². The number of aromatic nitrogens is 1. The fourth-order valence-corrected chi connectivity index (χ4v) is 4.70. The van der Waals surface area contributed by atoms with Crippen molar-refractivity contribution in [2.24, 2.45) is 0 Å². The van der Waals surface area contributed by atoms with Crippen molar-refractivity contribution in [2.45, 2.75) is 31.7 Å². The smallest absolute Gasteiger partial charge is 0.320 e. The monoisotopic (exact) mass is 465 g/mol. The number of pyridine rings is 1. The summed E-state index contributed by atoms with van der Waals surface area (Å²) in [6.45, 7) is 5.28. The Morgan fingerprint density at radius 1 is 1.09 bits per heavy atom. The SMILES string of the molecule is O=C(NC1COC1)c1ccc(CN2CCN(C[C@H](O)CN3CCc4ccccc4C3)C2=O)nc1. The van der Waals surface area contributed by atoms with Crippen molar-refractivity contribution in [3.8, 4) is 0 Å². The minimum absolute atomic E-state index is 0.0708. The number of nitrogens with one attached hydrogen (secondary N) is 1. The van der Waals surface area contributed by atoms with Crippen LogP contribution >= 0.6 is 0 Å². The van der Waals surface area contributed by atoms with E-state index in [-0.39, 0.29) is 18.0 Å². The number of ether oxygens (including phenoxy) is 1. The summed E-state index contributed by atoms with van der Waals surface area (Å²) in [4.78, 5) is 35.1. The highest BCUT2D eigenvalue weighted by atomic mass is 16.5. The van der Waals surface area contributed by atoms with Gasteiger partial charge < -0.3 is 25.0 Å². The molecule has 9 heteroatoms. The predicted octanol–water partition coefficient (Wildman–Crippen LogP) is 0.867. The van der Waals surface area contributed by atoms with Gasteiger partial charge in [-0.15, -0.1) is 0 Å². The van der Waals surface area contributed by atoms with E-state index in [1.165, 1.54) is 11.1 Å². The number of hydrogen-bond acceptors (Lipinski definition) is 6. The van der Waals surface area contributed by atoms with Crippen LogP contribution in [0.4, 0.5) is 4.79 Å². The molecule has 3 aliphatic heterocycles. The van der Waals surface area contributed by atoms with Gasteiger partial charge in [-0.3, -0.25) is 14.7 Å². The van der Waals surface area contributed by atoms with Gasteiger partial charge in [-0.05, 0) is 29.7 Å². The molecule has 180 valence electrons. The van der Waals surface area contributed by atoms with Crippen molar-refractivity contribution in [3.05, 3.63) is 65.0 Å². The van der Waals surface area contributed by atoms with Crippen LogP contribution in [0.15, 0.2) is 42.6 Å². The summed E-state index contributed by atoms with van der Waals surface area (Å²) in [6.07, 6.45) is 1.94. The number of urea groups is 1. The second kappa shape index (κ2) is 10.1. The van der Waals surface area contributed by atoms with Gasteiger partial charge in [0, 0.05) is 45.5 Å². The molecular weight excluding hydrogens is 434 g/mol. The number of β-amino-alcohol motifs (C(OH)–C–C–N with tert-alkyl or cyclic N) is 1. The van der Waals surface area contributed by atoms with Gasteiger partial charge in [0.05, 0.1) is 43.2 Å². The predicted molar refractivity (Wildman–Crippen MR) is 125 cm³/mol. The minimum atomic E-state index is -0.592. The molecule has 2 saturated heterocycles. The first kappa shape index (κ1) is 22.8. The first-order chi connectivity index (χ1) is 16.5. The van der Waals surface area contributed by atoms with E-state index in [0.717, 1.165) is 25.2 Å². The van der Waals surface area contributed by atoms with Gasteiger partial charge in [0.1, 0.15) is 0 Å². The van der Waals surface area contributed by atoms with Crippen LogP contribution in [-0.4, -0.2) is 94.8 Å². The number of amides is 3. The Bertz CT molecular complexity index is 1030. The molecule has 3 amide bonds. The van der Waals surface area contributed by atoms with Crippen LogP contribution in [0.5, 0.6) is 0 Å². The maximum Gasteiger partial charge on any atom is 0.320 e. The number of benzene rings is 1. The summed E-state index contributed by atoms with van der Waals surface area (Å²) in [5.74, 6) is -0.165. The largest absolute Gasteiger partial charge is 0.390 e. The van der Waals surface area contributed by atoms with E-state index in [9.17, 15) is 14.7 Å². The lowest BCUT2D eigenvalue weighted by atomic mass is 10.00. The molecule has 2 fully saturated rings. The second-order valence-electron chi connectivity index (χ2n) is 9.30. The van der Waals surface area contributed by atoms with Crippen LogP contribution < -0.4 is 5.32 Å². The lowest BCUT2D eigenvalue weighted by molar-refractivity contribution is -0.00347. The molecule has 9 nitrogen and oxygen atoms in total. The van der Waals surface area contributed by atoms with Gasteiger partial charge in [0.2, 0.25) is 0 Å². The van der Waals surface area contributed by atoms with Crippen molar-refractivity contribution in [1.82, 2.24) is 25.0 Å². The zero-order chi connectivity index (χ0) is 23.5. The minimum Gasteiger partial charge on any atom is -0.390 e. The summed E-state index contributed by atoms with van der Waals surface area (Å²) in [5, 5.41) is 13.5. The summed E-state index contributed by atoms with van der Waals surface area (Å²) in [6, 6.07) is 11.9. The molecule has 5 rings (SSSR count). The Kier molecular flexibility index (Phi) is 6.75. The fourth-order valence-electron chi connectivity index (χ4n) is 4.70. The number of hydrogen-bond donors (Lipinski definition) is 2. The highest BCUT2D eigenvalue weighted by Gasteiger charge is 2.31. The molecule has 2 N–H and O–H groups in total. The number of rotatable bonds is 8. The highest BCUT2D eigenvalue weighted by molar-refractivity contribution is 5.94. The van der Waals surface area contributed by atoms with E-state index in [1.54, 1.807) is 28.1 Å². The quantitative estimate of drug-likeness (QED) is 0.600. The van der Waals surface area contributed by atoms with Gasteiger partial charge in [0.15, 0.2) is 0 Å². The van der Waals surface area contributed by atoms with Crippen LogP contribution in [0.1, 0.15) is 27.2 Å². The van der Waals surface area contributed by atoms with Crippen LogP contribution in [0, 0.1) is 0 Å². The first-order valence-electron chi connectivity index (χ1n) is 11.9. The number of nitrogens with zero attached hydrogens (tertiary/aromatic N) is 4. The number of aliphatic hydroxyl groups is 1. The fraction of sp³-hybridized carbons (Fsp3) is 0.480. The maximum absolute atomic E-state index is 12.9. The topological polar surface area (TPSA) is 98.2 Å². The second-order valence-corrected chi connectivity index (χ2v) is 9.30. The van der Waals surface area contributed by atoms with Gasteiger partial charge in [-0.25, -0.2) is 4.79 Å². The maximum atomic E-state index is 12.9. The third kappa shape index (κ3) is 5.22. The zero-order valence-electron chi connectivity index (χ0n) is 19.2. The third-order valence-electron chi connectivity index (χ3n) is 6.70. The molecule has 4 heterocycles. The molecule has 0 bridgehead atoms.